The summed E-state index contributed by atoms with van der Waals surface area (Å²) in [7, 11) is 1.86. The van der Waals surface area contributed by atoms with E-state index in [1.807, 2.05) is 24.9 Å². The van der Waals surface area contributed by atoms with Gasteiger partial charge in [0.25, 0.3) is 0 Å². The second-order valence-electron chi connectivity index (χ2n) is 4.84. The van der Waals surface area contributed by atoms with Gasteiger partial charge >= 0.3 is 0 Å². The van der Waals surface area contributed by atoms with Crippen LogP contribution in [0.25, 0.3) is 0 Å². The van der Waals surface area contributed by atoms with Crippen LogP contribution in [0.3, 0.4) is 0 Å². The third-order valence-electron chi connectivity index (χ3n) is 3.34. The lowest BCUT2D eigenvalue weighted by molar-refractivity contribution is -0.130. The molecule has 19 heavy (non-hydrogen) atoms. The van der Waals surface area contributed by atoms with Gasteiger partial charge in [-0.2, -0.15) is 0 Å². The highest BCUT2D eigenvalue weighted by Crippen LogP contribution is 2.09. The van der Waals surface area contributed by atoms with Gasteiger partial charge in [0.1, 0.15) is 11.6 Å². The van der Waals surface area contributed by atoms with Crippen LogP contribution in [-0.4, -0.2) is 58.9 Å². The third kappa shape index (κ3) is 3.64. The molecule has 0 atom stereocenters. The van der Waals surface area contributed by atoms with E-state index in [1.165, 1.54) is 0 Å². The van der Waals surface area contributed by atoms with Gasteiger partial charge in [-0.1, -0.05) is 0 Å². The maximum absolute atomic E-state index is 11.3. The zero-order chi connectivity index (χ0) is 13.8. The summed E-state index contributed by atoms with van der Waals surface area (Å²) in [5.74, 6) is 1.84. The molecule has 6 nitrogen and oxygen atoms in total. The van der Waals surface area contributed by atoms with Gasteiger partial charge < -0.3 is 10.2 Å². The van der Waals surface area contributed by atoms with Crippen molar-refractivity contribution in [2.45, 2.75) is 20.4 Å². The molecule has 1 amide bonds. The Kier molecular flexibility index (Phi) is 4.31. The molecule has 1 N–H and O–H groups in total. The first-order chi connectivity index (χ1) is 9.08. The van der Waals surface area contributed by atoms with Crippen molar-refractivity contribution < 1.29 is 4.79 Å². The number of aromatic nitrogens is 2. The van der Waals surface area contributed by atoms with E-state index in [0.717, 1.165) is 50.1 Å². The molecule has 0 bridgehead atoms. The van der Waals surface area contributed by atoms with Crippen LogP contribution in [0.5, 0.6) is 0 Å². The van der Waals surface area contributed by atoms with Crippen molar-refractivity contribution >= 4 is 11.7 Å². The number of anilines is 1. The van der Waals surface area contributed by atoms with Gasteiger partial charge in [-0.3, -0.25) is 9.69 Å². The van der Waals surface area contributed by atoms with Crippen LogP contribution in [-0.2, 0) is 11.3 Å². The van der Waals surface area contributed by atoms with E-state index in [-0.39, 0.29) is 5.91 Å². The smallest absolute Gasteiger partial charge is 0.219 e. The number of hydrogen-bond acceptors (Lipinski definition) is 5. The molecule has 2 heterocycles. The van der Waals surface area contributed by atoms with E-state index in [0.29, 0.717) is 0 Å². The average molecular weight is 263 g/mol. The van der Waals surface area contributed by atoms with Crippen molar-refractivity contribution in [1.82, 2.24) is 19.8 Å². The van der Waals surface area contributed by atoms with Crippen molar-refractivity contribution in [1.29, 1.82) is 0 Å². The van der Waals surface area contributed by atoms with Gasteiger partial charge in [0.2, 0.25) is 5.91 Å². The molecule has 1 saturated heterocycles. The molecule has 0 radical (unpaired) electrons. The van der Waals surface area contributed by atoms with Crippen molar-refractivity contribution in [3.63, 3.8) is 0 Å². The predicted octanol–water partition coefficient (Wildman–Crippen LogP) is 0.491. The monoisotopic (exact) mass is 263 g/mol. The van der Waals surface area contributed by atoms with Gasteiger partial charge in [-0.25, -0.2) is 9.97 Å². The number of carbonyl (C=O) groups excluding carboxylic acids is 1. The normalized spacial score (nSPS) is 16.5. The van der Waals surface area contributed by atoms with Crippen LogP contribution >= 0.6 is 0 Å². The SMILES string of the molecule is CNc1cc(C)nc(CN2CCN(C(C)=O)CC2)n1. The van der Waals surface area contributed by atoms with Crippen molar-refractivity contribution in [2.24, 2.45) is 0 Å². The van der Waals surface area contributed by atoms with Crippen LogP contribution in [0, 0.1) is 6.92 Å². The maximum atomic E-state index is 11.3. The quantitative estimate of drug-likeness (QED) is 0.860. The number of hydrogen-bond donors (Lipinski definition) is 1. The highest BCUT2D eigenvalue weighted by atomic mass is 16.2. The lowest BCUT2D eigenvalue weighted by atomic mass is 10.3. The van der Waals surface area contributed by atoms with Gasteiger partial charge in [0, 0.05) is 51.9 Å². The van der Waals surface area contributed by atoms with Crippen LogP contribution in [0.15, 0.2) is 6.07 Å². The second-order valence-corrected chi connectivity index (χ2v) is 4.84. The zero-order valence-corrected chi connectivity index (χ0v) is 11.8. The Hall–Kier alpha value is -1.69. The first kappa shape index (κ1) is 13.7. The Balaban J connectivity index is 1.95. The summed E-state index contributed by atoms with van der Waals surface area (Å²) < 4.78 is 0. The minimum Gasteiger partial charge on any atom is -0.373 e. The number of amides is 1. The minimum atomic E-state index is 0.156. The summed E-state index contributed by atoms with van der Waals surface area (Å²) in [6, 6.07) is 1.93. The van der Waals surface area contributed by atoms with Crippen molar-refractivity contribution in [3.8, 4) is 0 Å². The standard InChI is InChI=1S/C13H21N5O/c1-10-8-12(14-3)16-13(15-10)9-17-4-6-18(7-5-17)11(2)19/h8H,4-7,9H2,1-3H3,(H,14,15,16). The molecule has 6 heteroatoms. The van der Waals surface area contributed by atoms with Crippen molar-refractivity contribution in [2.75, 3.05) is 38.5 Å². The lowest BCUT2D eigenvalue weighted by Crippen LogP contribution is -2.47. The summed E-state index contributed by atoms with van der Waals surface area (Å²) in [5, 5.41) is 3.04. The molecule has 1 aliphatic heterocycles. The van der Waals surface area contributed by atoms with E-state index in [1.54, 1.807) is 6.92 Å². The van der Waals surface area contributed by atoms with E-state index in [2.05, 4.69) is 20.2 Å². The number of aryl methyl sites for hydroxylation is 1. The number of nitrogens with one attached hydrogen (secondary N) is 1. The number of nitrogens with zero attached hydrogens (tertiary/aromatic N) is 4. The Bertz CT molecular complexity index is 454. The molecule has 2 rings (SSSR count). The molecule has 1 aliphatic rings. The molecule has 0 aliphatic carbocycles. The zero-order valence-electron chi connectivity index (χ0n) is 11.8. The molecular weight excluding hydrogens is 242 g/mol. The van der Waals surface area contributed by atoms with Crippen molar-refractivity contribution in [3.05, 3.63) is 17.6 Å². The molecule has 1 fully saturated rings. The average Bonchev–Trinajstić information content (AvgIpc) is 2.38. The maximum Gasteiger partial charge on any atom is 0.219 e. The molecular formula is C13H21N5O. The third-order valence-corrected chi connectivity index (χ3v) is 3.34. The molecule has 0 saturated carbocycles. The lowest BCUT2D eigenvalue weighted by Gasteiger charge is -2.33. The first-order valence-corrected chi connectivity index (χ1v) is 6.58. The summed E-state index contributed by atoms with van der Waals surface area (Å²) >= 11 is 0. The number of rotatable bonds is 3. The molecule has 1 aromatic rings. The second kappa shape index (κ2) is 5.97. The summed E-state index contributed by atoms with van der Waals surface area (Å²) in [5.41, 5.74) is 0.969. The molecule has 104 valence electrons. The van der Waals surface area contributed by atoms with E-state index < -0.39 is 0 Å². The Morgan fingerprint density at radius 3 is 2.58 bits per heavy atom. The van der Waals surface area contributed by atoms with Gasteiger partial charge in [-0.05, 0) is 6.92 Å². The highest BCUT2D eigenvalue weighted by Gasteiger charge is 2.19. The van der Waals surface area contributed by atoms with Crippen LogP contribution in [0.4, 0.5) is 5.82 Å². The summed E-state index contributed by atoms with van der Waals surface area (Å²) in [6.07, 6.45) is 0. The van der Waals surface area contributed by atoms with E-state index in [9.17, 15) is 4.79 Å². The van der Waals surface area contributed by atoms with Gasteiger partial charge in [0.05, 0.1) is 6.54 Å². The summed E-state index contributed by atoms with van der Waals surface area (Å²) in [4.78, 5) is 24.3. The topological polar surface area (TPSA) is 61.4 Å². The molecule has 0 spiro atoms. The fourth-order valence-electron chi connectivity index (χ4n) is 2.25. The van der Waals surface area contributed by atoms with Crippen LogP contribution in [0.1, 0.15) is 18.4 Å². The first-order valence-electron chi connectivity index (χ1n) is 6.58. The molecule has 0 aromatic carbocycles. The van der Waals surface area contributed by atoms with Crippen LogP contribution in [0.2, 0.25) is 0 Å². The number of piperazine rings is 1. The predicted molar refractivity (Wildman–Crippen MR) is 73.8 cm³/mol. The van der Waals surface area contributed by atoms with Crippen LogP contribution < -0.4 is 5.32 Å². The Morgan fingerprint density at radius 2 is 2.00 bits per heavy atom. The molecule has 1 aromatic heterocycles. The fraction of sp³-hybridized carbons (Fsp3) is 0.615. The Morgan fingerprint density at radius 1 is 1.32 bits per heavy atom. The van der Waals surface area contributed by atoms with E-state index >= 15 is 0 Å². The highest BCUT2D eigenvalue weighted by molar-refractivity contribution is 5.73. The number of carbonyl (C=O) groups is 1. The van der Waals surface area contributed by atoms with Gasteiger partial charge in [0.15, 0.2) is 0 Å². The fourth-order valence-corrected chi connectivity index (χ4v) is 2.25. The minimum absolute atomic E-state index is 0.156. The summed E-state index contributed by atoms with van der Waals surface area (Å²) in [6.45, 7) is 7.68. The Labute approximate surface area is 113 Å². The molecule has 0 unspecified atom stereocenters. The van der Waals surface area contributed by atoms with Gasteiger partial charge in [-0.15, -0.1) is 0 Å². The van der Waals surface area contributed by atoms with E-state index in [4.69, 9.17) is 0 Å². The largest absolute Gasteiger partial charge is 0.373 e.